The Hall–Kier alpha value is -2.88. The van der Waals surface area contributed by atoms with E-state index in [4.69, 9.17) is 0 Å². The van der Waals surface area contributed by atoms with Crippen LogP contribution in [0, 0.1) is 0 Å². The van der Waals surface area contributed by atoms with Gasteiger partial charge in [-0.05, 0) is 54.3 Å². The van der Waals surface area contributed by atoms with Gasteiger partial charge in [0.1, 0.15) is 0 Å². The molecule has 32 heavy (non-hydrogen) atoms. The Balaban J connectivity index is 0.00000289. The van der Waals surface area contributed by atoms with Crippen molar-refractivity contribution in [3.63, 3.8) is 0 Å². The quantitative estimate of drug-likeness (QED) is 0.271. The van der Waals surface area contributed by atoms with Crippen molar-refractivity contribution in [3.05, 3.63) is 78.1 Å². The molecule has 3 aromatic rings. The van der Waals surface area contributed by atoms with Crippen molar-refractivity contribution < 1.29 is 4.79 Å². The van der Waals surface area contributed by atoms with Crippen LogP contribution >= 0.6 is 24.0 Å². The lowest BCUT2D eigenvalue weighted by atomic mass is 10.1. The molecule has 1 aromatic heterocycles. The van der Waals surface area contributed by atoms with E-state index in [1.165, 1.54) is 5.56 Å². The van der Waals surface area contributed by atoms with E-state index in [0.717, 1.165) is 48.8 Å². The van der Waals surface area contributed by atoms with E-state index in [-0.39, 0.29) is 29.9 Å². The molecule has 1 aliphatic rings. The minimum atomic E-state index is 0. The number of aliphatic imine (C=N–C) groups is 1. The van der Waals surface area contributed by atoms with Crippen LogP contribution in [0.4, 0.5) is 5.69 Å². The van der Waals surface area contributed by atoms with Gasteiger partial charge in [0.15, 0.2) is 5.96 Å². The second kappa shape index (κ2) is 11.7. The molecule has 0 saturated carbocycles. The summed E-state index contributed by atoms with van der Waals surface area (Å²) >= 11 is 0. The summed E-state index contributed by atoms with van der Waals surface area (Å²) in [5, 5.41) is 11.0. The summed E-state index contributed by atoms with van der Waals surface area (Å²) in [4.78, 5) is 18.0. The summed E-state index contributed by atoms with van der Waals surface area (Å²) in [6.07, 6.45) is 6.21. The van der Waals surface area contributed by atoms with Crippen molar-refractivity contribution in [1.82, 2.24) is 20.4 Å². The van der Waals surface area contributed by atoms with E-state index >= 15 is 0 Å². The number of aromatic nitrogens is 2. The first-order chi connectivity index (χ1) is 15.2. The topological polar surface area (TPSA) is 74.6 Å². The summed E-state index contributed by atoms with van der Waals surface area (Å²) in [6.45, 7) is 2.28. The Morgan fingerprint density at radius 3 is 2.38 bits per heavy atom. The highest BCUT2D eigenvalue weighted by Crippen LogP contribution is 2.21. The van der Waals surface area contributed by atoms with Crippen LogP contribution in [0.25, 0.3) is 5.69 Å². The number of nitrogens with zero attached hydrogens (tertiary/aromatic N) is 4. The molecule has 168 valence electrons. The Kier molecular flexibility index (Phi) is 8.66. The van der Waals surface area contributed by atoms with Crippen LogP contribution in [0.3, 0.4) is 0 Å². The maximum atomic E-state index is 11.9. The number of rotatable bonds is 7. The summed E-state index contributed by atoms with van der Waals surface area (Å²) in [5.41, 5.74) is 4.44. The van der Waals surface area contributed by atoms with E-state index in [1.54, 1.807) is 13.2 Å². The smallest absolute Gasteiger partial charge is 0.227 e. The van der Waals surface area contributed by atoms with Gasteiger partial charge in [-0.1, -0.05) is 24.3 Å². The fraction of sp³-hybridized carbons (Fsp3) is 0.292. The van der Waals surface area contributed by atoms with Crippen LogP contribution in [0.2, 0.25) is 0 Å². The predicted octanol–water partition coefficient (Wildman–Crippen LogP) is 3.52. The van der Waals surface area contributed by atoms with Gasteiger partial charge in [0.2, 0.25) is 5.91 Å². The molecule has 1 saturated heterocycles. The lowest BCUT2D eigenvalue weighted by molar-refractivity contribution is -0.117. The third-order valence-corrected chi connectivity index (χ3v) is 5.42. The Labute approximate surface area is 205 Å². The summed E-state index contributed by atoms with van der Waals surface area (Å²) in [6, 6.07) is 18.5. The van der Waals surface area contributed by atoms with Gasteiger partial charge < -0.3 is 15.5 Å². The molecular weight excluding hydrogens is 515 g/mol. The SMILES string of the molecule is CN=C(NCCc1ccc(-n2cccn2)cc1)NCc1ccc(N2CCCC2=O)cc1.I. The molecule has 8 heteroatoms. The number of amides is 1. The lowest BCUT2D eigenvalue weighted by Crippen LogP contribution is -2.37. The lowest BCUT2D eigenvalue weighted by Gasteiger charge is -2.16. The molecular formula is C24H29IN6O. The van der Waals surface area contributed by atoms with E-state index in [1.807, 2.05) is 34.0 Å². The fourth-order valence-electron chi connectivity index (χ4n) is 3.68. The summed E-state index contributed by atoms with van der Waals surface area (Å²) < 4.78 is 1.85. The van der Waals surface area contributed by atoms with Gasteiger partial charge in [0.25, 0.3) is 0 Å². The zero-order valence-corrected chi connectivity index (χ0v) is 20.5. The van der Waals surface area contributed by atoms with Crippen LogP contribution in [-0.4, -0.2) is 41.8 Å². The Bertz CT molecular complexity index is 1020. The van der Waals surface area contributed by atoms with Gasteiger partial charge in [-0.15, -0.1) is 24.0 Å². The number of hydrogen-bond donors (Lipinski definition) is 2. The van der Waals surface area contributed by atoms with Gasteiger partial charge in [-0.2, -0.15) is 5.10 Å². The van der Waals surface area contributed by atoms with E-state index in [2.05, 4.69) is 57.1 Å². The monoisotopic (exact) mass is 544 g/mol. The molecule has 0 spiro atoms. The average molecular weight is 544 g/mol. The predicted molar refractivity (Wildman–Crippen MR) is 139 cm³/mol. The van der Waals surface area contributed by atoms with E-state index < -0.39 is 0 Å². The standard InChI is InChI=1S/C24H28N6O.HI/c1-25-24(26-15-13-19-5-11-22(12-6-19)30-17-3-14-28-30)27-18-20-7-9-21(10-8-20)29-16-2-4-23(29)31;/h3,5-12,14,17H,2,4,13,15-16,18H2,1H3,(H2,25,26,27);1H. The Morgan fingerprint density at radius 2 is 1.75 bits per heavy atom. The highest BCUT2D eigenvalue weighted by Gasteiger charge is 2.21. The zero-order valence-electron chi connectivity index (χ0n) is 18.2. The van der Waals surface area contributed by atoms with Crippen molar-refractivity contribution >= 4 is 41.5 Å². The summed E-state index contributed by atoms with van der Waals surface area (Å²) in [5.74, 6) is 0.985. The highest BCUT2D eigenvalue weighted by atomic mass is 127. The molecule has 0 aliphatic carbocycles. The van der Waals surface area contributed by atoms with Gasteiger partial charge in [-0.3, -0.25) is 9.79 Å². The molecule has 1 amide bonds. The van der Waals surface area contributed by atoms with Crippen molar-refractivity contribution in [2.75, 3.05) is 25.0 Å². The largest absolute Gasteiger partial charge is 0.356 e. The van der Waals surface area contributed by atoms with Gasteiger partial charge in [-0.25, -0.2) is 4.68 Å². The first-order valence-corrected chi connectivity index (χ1v) is 10.7. The minimum Gasteiger partial charge on any atom is -0.356 e. The van der Waals surface area contributed by atoms with Gasteiger partial charge in [0.05, 0.1) is 5.69 Å². The highest BCUT2D eigenvalue weighted by molar-refractivity contribution is 14.0. The number of benzene rings is 2. The third-order valence-electron chi connectivity index (χ3n) is 5.42. The van der Waals surface area contributed by atoms with Crippen LogP contribution in [-0.2, 0) is 17.8 Å². The molecule has 1 aliphatic heterocycles. The number of hydrogen-bond acceptors (Lipinski definition) is 3. The van der Waals surface area contributed by atoms with E-state index in [0.29, 0.717) is 13.0 Å². The molecule has 4 rings (SSSR count). The number of carbonyl (C=O) groups excluding carboxylic acids is 1. The molecule has 2 heterocycles. The molecule has 0 unspecified atom stereocenters. The average Bonchev–Trinajstić information content (AvgIpc) is 3.49. The number of carbonyl (C=O) groups is 1. The molecule has 0 bridgehead atoms. The van der Waals surface area contributed by atoms with Crippen LogP contribution in [0.15, 0.2) is 72.0 Å². The van der Waals surface area contributed by atoms with Crippen LogP contribution < -0.4 is 15.5 Å². The molecule has 7 nitrogen and oxygen atoms in total. The fourth-order valence-corrected chi connectivity index (χ4v) is 3.68. The number of guanidine groups is 1. The maximum absolute atomic E-state index is 11.9. The zero-order chi connectivity index (χ0) is 21.5. The number of nitrogens with one attached hydrogen (secondary N) is 2. The normalized spacial score (nSPS) is 13.7. The molecule has 0 radical (unpaired) electrons. The molecule has 1 fully saturated rings. The van der Waals surface area contributed by atoms with Crippen molar-refractivity contribution in [2.45, 2.75) is 25.8 Å². The van der Waals surface area contributed by atoms with Crippen molar-refractivity contribution in [2.24, 2.45) is 4.99 Å². The summed E-state index contributed by atoms with van der Waals surface area (Å²) in [7, 11) is 1.77. The van der Waals surface area contributed by atoms with Crippen LogP contribution in [0.5, 0.6) is 0 Å². The van der Waals surface area contributed by atoms with E-state index in [9.17, 15) is 4.79 Å². The minimum absolute atomic E-state index is 0. The van der Waals surface area contributed by atoms with Crippen molar-refractivity contribution in [3.8, 4) is 5.69 Å². The number of anilines is 1. The van der Waals surface area contributed by atoms with Gasteiger partial charge >= 0.3 is 0 Å². The first kappa shape index (κ1) is 23.8. The molecule has 2 aromatic carbocycles. The Morgan fingerprint density at radius 1 is 1.03 bits per heavy atom. The molecule has 2 N–H and O–H groups in total. The second-order valence-electron chi connectivity index (χ2n) is 7.53. The molecule has 0 atom stereocenters. The third kappa shape index (κ3) is 6.09. The first-order valence-electron chi connectivity index (χ1n) is 10.7. The number of halogens is 1. The maximum Gasteiger partial charge on any atom is 0.227 e. The van der Waals surface area contributed by atoms with Gasteiger partial charge in [0, 0.05) is 51.2 Å². The van der Waals surface area contributed by atoms with Crippen molar-refractivity contribution in [1.29, 1.82) is 0 Å². The second-order valence-corrected chi connectivity index (χ2v) is 7.53. The van der Waals surface area contributed by atoms with Crippen LogP contribution in [0.1, 0.15) is 24.0 Å².